The van der Waals surface area contributed by atoms with Crippen LogP contribution in [0.5, 0.6) is 0 Å². The molecule has 1 aliphatic heterocycles. The van der Waals surface area contributed by atoms with Crippen LogP contribution in [-0.4, -0.2) is 24.2 Å². The van der Waals surface area contributed by atoms with E-state index in [1.165, 1.54) is 60.3 Å². The molecule has 1 aliphatic rings. The van der Waals surface area contributed by atoms with Crippen molar-refractivity contribution < 1.29 is 0 Å². The predicted octanol–water partition coefficient (Wildman–Crippen LogP) is 11.7. The summed E-state index contributed by atoms with van der Waals surface area (Å²) in [5.74, 6) is 0.213. The van der Waals surface area contributed by atoms with Crippen LogP contribution in [-0.2, 0) is 0 Å². The van der Waals surface area contributed by atoms with Gasteiger partial charge in [0.1, 0.15) is 0 Å². The molecule has 2 nitrogen and oxygen atoms in total. The molecule has 0 amide bonds. The van der Waals surface area contributed by atoms with E-state index in [1.807, 2.05) is 0 Å². The summed E-state index contributed by atoms with van der Waals surface area (Å²) in [6, 6.07) is 48.5. The fourth-order valence-electron chi connectivity index (χ4n) is 7.19. The van der Waals surface area contributed by atoms with Gasteiger partial charge in [0.2, 0.25) is 0 Å². The summed E-state index contributed by atoms with van der Waals surface area (Å²) >= 11 is 0. The van der Waals surface area contributed by atoms with Crippen molar-refractivity contribution in [3.8, 4) is 11.1 Å². The first-order chi connectivity index (χ1) is 23.5. The van der Waals surface area contributed by atoms with E-state index < -0.39 is 0 Å². The SMILES string of the molecule is CC(=N/C(=C\C(C)c1ccccc1)c1ccccc1)c1cc(C2=CC=CCN2C)cc(-c2ccc3ccc4cccc5ccc2c3c45)c1. The lowest BCUT2D eigenvalue weighted by Gasteiger charge is -2.25. The van der Waals surface area contributed by atoms with Gasteiger partial charge in [-0.25, -0.2) is 0 Å². The van der Waals surface area contributed by atoms with Crippen LogP contribution in [0.3, 0.4) is 0 Å². The molecule has 1 unspecified atom stereocenters. The van der Waals surface area contributed by atoms with Crippen molar-refractivity contribution in [2.24, 2.45) is 4.99 Å². The van der Waals surface area contributed by atoms with Gasteiger partial charge in [0, 0.05) is 30.9 Å². The minimum absolute atomic E-state index is 0.213. The van der Waals surface area contributed by atoms with Gasteiger partial charge < -0.3 is 4.90 Å². The Labute approximate surface area is 283 Å². The van der Waals surface area contributed by atoms with E-state index in [0.29, 0.717) is 0 Å². The summed E-state index contributed by atoms with van der Waals surface area (Å²) in [6.45, 7) is 5.28. The summed E-state index contributed by atoms with van der Waals surface area (Å²) in [7, 11) is 2.17. The highest BCUT2D eigenvalue weighted by Crippen LogP contribution is 2.40. The smallest absolute Gasteiger partial charge is 0.0671 e. The van der Waals surface area contributed by atoms with Gasteiger partial charge in [-0.05, 0) is 96.9 Å². The van der Waals surface area contributed by atoms with Crippen LogP contribution < -0.4 is 0 Å². The molecule has 7 aromatic rings. The number of hydrogen-bond acceptors (Lipinski definition) is 2. The Balaban J connectivity index is 1.32. The molecular formula is C46H38N2. The Kier molecular flexibility index (Phi) is 7.70. The third kappa shape index (κ3) is 5.50. The highest BCUT2D eigenvalue weighted by Gasteiger charge is 2.17. The van der Waals surface area contributed by atoms with Gasteiger partial charge in [0.15, 0.2) is 0 Å². The highest BCUT2D eigenvalue weighted by atomic mass is 15.1. The van der Waals surface area contributed by atoms with Crippen LogP contribution in [0, 0.1) is 0 Å². The first kappa shape index (κ1) is 29.7. The zero-order valence-electron chi connectivity index (χ0n) is 27.7. The van der Waals surface area contributed by atoms with Crippen molar-refractivity contribution in [2.45, 2.75) is 19.8 Å². The third-order valence-electron chi connectivity index (χ3n) is 9.76. The lowest BCUT2D eigenvalue weighted by atomic mass is 9.88. The van der Waals surface area contributed by atoms with Crippen molar-refractivity contribution >= 4 is 49.4 Å². The van der Waals surface area contributed by atoms with Crippen molar-refractivity contribution in [2.75, 3.05) is 13.6 Å². The molecule has 0 aromatic heterocycles. The monoisotopic (exact) mass is 618 g/mol. The average Bonchev–Trinajstić information content (AvgIpc) is 3.14. The van der Waals surface area contributed by atoms with Crippen molar-refractivity contribution in [1.29, 1.82) is 0 Å². The minimum atomic E-state index is 0.213. The zero-order valence-corrected chi connectivity index (χ0v) is 27.7. The molecule has 7 aromatic carbocycles. The normalized spacial score (nSPS) is 14.6. The van der Waals surface area contributed by atoms with E-state index in [9.17, 15) is 0 Å². The third-order valence-corrected chi connectivity index (χ3v) is 9.76. The van der Waals surface area contributed by atoms with Crippen LogP contribution in [0.2, 0.25) is 0 Å². The van der Waals surface area contributed by atoms with Crippen LogP contribution in [0.25, 0.3) is 54.8 Å². The van der Waals surface area contributed by atoms with Crippen LogP contribution in [0.1, 0.15) is 42.0 Å². The van der Waals surface area contributed by atoms with Gasteiger partial charge in [-0.2, -0.15) is 0 Å². The molecule has 0 radical (unpaired) electrons. The Morgan fingerprint density at radius 2 is 1.35 bits per heavy atom. The standard InChI is InChI=1S/C46H38N2/c1-31(33-13-6-4-7-14-33)27-43(34-15-8-5-9-16-34)47-32(2)38-28-39(30-40(29-38)44-19-10-11-26-48(44)3)41-24-22-37-21-20-35-17-12-18-36-23-25-42(41)46(37)45(35)36/h4-25,27-31H,26H2,1-3H3/b43-27-,47-32?. The molecule has 0 N–H and O–H groups in total. The zero-order chi connectivity index (χ0) is 32.6. The summed E-state index contributed by atoms with van der Waals surface area (Å²) in [6.07, 6.45) is 8.88. The lowest BCUT2D eigenvalue weighted by molar-refractivity contribution is 0.531. The van der Waals surface area contributed by atoms with E-state index in [-0.39, 0.29) is 5.92 Å². The van der Waals surface area contributed by atoms with Crippen molar-refractivity contribution in [1.82, 2.24) is 4.90 Å². The molecule has 232 valence electrons. The molecule has 1 atom stereocenters. The number of aliphatic imine (C=N–C) groups is 1. The summed E-state index contributed by atoms with van der Waals surface area (Å²) in [5, 5.41) is 7.80. The van der Waals surface area contributed by atoms with Gasteiger partial charge in [-0.1, -0.05) is 140 Å². The number of nitrogens with zero attached hydrogens (tertiary/aromatic N) is 2. The summed E-state index contributed by atoms with van der Waals surface area (Å²) < 4.78 is 0. The maximum atomic E-state index is 5.38. The predicted molar refractivity (Wildman–Crippen MR) is 207 cm³/mol. The van der Waals surface area contributed by atoms with Gasteiger partial charge in [0.05, 0.1) is 5.70 Å². The molecule has 0 spiro atoms. The topological polar surface area (TPSA) is 15.6 Å². The summed E-state index contributed by atoms with van der Waals surface area (Å²) in [4.78, 5) is 7.70. The first-order valence-corrected chi connectivity index (χ1v) is 16.8. The quantitative estimate of drug-likeness (QED) is 0.128. The molecule has 0 bridgehead atoms. The molecule has 8 rings (SSSR count). The Morgan fingerprint density at radius 1 is 0.688 bits per heavy atom. The number of likely N-dealkylation sites (N-methyl/N-ethyl adjacent to an activating group) is 1. The molecule has 0 aliphatic carbocycles. The fraction of sp³-hybridized carbons (Fsp3) is 0.109. The second-order valence-corrected chi connectivity index (χ2v) is 12.9. The second-order valence-electron chi connectivity index (χ2n) is 12.9. The number of hydrogen-bond donors (Lipinski definition) is 0. The average molecular weight is 619 g/mol. The highest BCUT2D eigenvalue weighted by molar-refractivity contribution is 6.25. The number of allylic oxidation sites excluding steroid dienone is 3. The minimum Gasteiger partial charge on any atom is -0.370 e. The van der Waals surface area contributed by atoms with Gasteiger partial charge in [-0.15, -0.1) is 0 Å². The molecule has 0 fully saturated rings. The molecule has 1 heterocycles. The Morgan fingerprint density at radius 3 is 2.10 bits per heavy atom. The fourth-order valence-corrected chi connectivity index (χ4v) is 7.19. The largest absolute Gasteiger partial charge is 0.370 e. The number of benzene rings is 7. The van der Waals surface area contributed by atoms with Crippen molar-refractivity contribution in [3.63, 3.8) is 0 Å². The molecule has 0 saturated heterocycles. The number of rotatable bonds is 7. The van der Waals surface area contributed by atoms with E-state index in [1.54, 1.807) is 0 Å². The lowest BCUT2D eigenvalue weighted by Crippen LogP contribution is -2.19. The first-order valence-electron chi connectivity index (χ1n) is 16.8. The Bertz CT molecular complexity index is 2380. The molecule has 2 heteroatoms. The van der Waals surface area contributed by atoms with E-state index in [0.717, 1.165) is 29.1 Å². The molecule has 0 saturated carbocycles. The Hall–Kier alpha value is -5.73. The molecular weight excluding hydrogens is 581 g/mol. The van der Waals surface area contributed by atoms with E-state index in [2.05, 4.69) is 184 Å². The van der Waals surface area contributed by atoms with Crippen molar-refractivity contribution in [3.05, 3.63) is 180 Å². The van der Waals surface area contributed by atoms with Crippen LogP contribution in [0.4, 0.5) is 0 Å². The van der Waals surface area contributed by atoms with Crippen LogP contribution >= 0.6 is 0 Å². The maximum absolute atomic E-state index is 5.38. The summed E-state index contributed by atoms with van der Waals surface area (Å²) in [5.41, 5.74) is 10.3. The van der Waals surface area contributed by atoms with Gasteiger partial charge >= 0.3 is 0 Å². The molecule has 48 heavy (non-hydrogen) atoms. The van der Waals surface area contributed by atoms with Crippen LogP contribution in [0.15, 0.2) is 163 Å². The van der Waals surface area contributed by atoms with E-state index >= 15 is 0 Å². The van der Waals surface area contributed by atoms with Gasteiger partial charge in [-0.3, -0.25) is 4.99 Å². The van der Waals surface area contributed by atoms with Gasteiger partial charge in [0.25, 0.3) is 0 Å². The maximum Gasteiger partial charge on any atom is 0.0671 e. The van der Waals surface area contributed by atoms with E-state index in [4.69, 9.17) is 4.99 Å². The second kappa shape index (κ2) is 12.5.